The first kappa shape index (κ1) is 19.5. The molecule has 0 N–H and O–H groups in total. The Bertz CT molecular complexity index is 560. The molecule has 0 aromatic heterocycles. The molecule has 24 heavy (non-hydrogen) atoms. The van der Waals surface area contributed by atoms with Crippen LogP contribution in [0.2, 0.25) is 0 Å². The SMILES string of the molecule is C=CCOc1ccc(N(CCC(=O)OC)C(=O)OC(C)(C)C)cc1. The standard InChI is InChI=1S/C18H25NO5/c1-6-13-23-15-9-7-14(8-10-15)19(12-11-16(20)22-5)17(21)24-18(2,3)4/h6-10H,1,11-13H2,2-5H3. The van der Waals surface area contributed by atoms with E-state index in [1.54, 1.807) is 51.1 Å². The van der Waals surface area contributed by atoms with Crippen molar-refractivity contribution >= 4 is 17.7 Å². The fourth-order valence-electron chi connectivity index (χ4n) is 1.83. The molecule has 0 aliphatic carbocycles. The van der Waals surface area contributed by atoms with Gasteiger partial charge in [0.1, 0.15) is 18.0 Å². The molecule has 0 spiro atoms. The zero-order chi connectivity index (χ0) is 18.2. The highest BCUT2D eigenvalue weighted by Crippen LogP contribution is 2.22. The van der Waals surface area contributed by atoms with Crippen LogP contribution in [0, 0.1) is 0 Å². The number of esters is 1. The van der Waals surface area contributed by atoms with Crippen LogP contribution in [0.1, 0.15) is 27.2 Å². The van der Waals surface area contributed by atoms with E-state index in [-0.39, 0.29) is 13.0 Å². The first-order valence-corrected chi connectivity index (χ1v) is 7.68. The minimum Gasteiger partial charge on any atom is -0.490 e. The quantitative estimate of drug-likeness (QED) is 0.563. The Balaban J connectivity index is 2.92. The third-order valence-electron chi connectivity index (χ3n) is 2.90. The number of carbonyl (C=O) groups is 2. The summed E-state index contributed by atoms with van der Waals surface area (Å²) in [6.07, 6.45) is 1.20. The Kier molecular flexibility index (Phi) is 7.30. The Morgan fingerprint density at radius 2 is 1.83 bits per heavy atom. The van der Waals surface area contributed by atoms with Crippen LogP contribution in [0.3, 0.4) is 0 Å². The number of benzene rings is 1. The monoisotopic (exact) mass is 335 g/mol. The molecule has 0 aliphatic rings. The summed E-state index contributed by atoms with van der Waals surface area (Å²) in [5.41, 5.74) is -0.0211. The van der Waals surface area contributed by atoms with Crippen LogP contribution in [-0.4, -0.2) is 37.9 Å². The molecule has 6 nitrogen and oxygen atoms in total. The maximum absolute atomic E-state index is 12.4. The average molecular weight is 335 g/mol. The topological polar surface area (TPSA) is 65.1 Å². The molecule has 1 rings (SSSR count). The minimum atomic E-state index is -0.631. The summed E-state index contributed by atoms with van der Waals surface area (Å²) in [6, 6.07) is 6.96. The second kappa shape index (κ2) is 8.96. The minimum absolute atomic E-state index is 0.0739. The van der Waals surface area contributed by atoms with Crippen molar-refractivity contribution in [2.24, 2.45) is 0 Å². The van der Waals surface area contributed by atoms with E-state index in [0.29, 0.717) is 18.0 Å². The second-order valence-electron chi connectivity index (χ2n) is 6.05. The van der Waals surface area contributed by atoms with E-state index in [1.165, 1.54) is 12.0 Å². The Hall–Kier alpha value is -2.50. The molecule has 0 aliphatic heterocycles. The van der Waals surface area contributed by atoms with Crippen LogP contribution in [-0.2, 0) is 14.3 Å². The summed E-state index contributed by atoms with van der Waals surface area (Å²) in [6.45, 7) is 9.51. The molecule has 0 heterocycles. The number of hydrogen-bond donors (Lipinski definition) is 0. The molecule has 6 heteroatoms. The average Bonchev–Trinajstić information content (AvgIpc) is 2.52. The van der Waals surface area contributed by atoms with Gasteiger partial charge in [-0.25, -0.2) is 4.79 Å². The van der Waals surface area contributed by atoms with E-state index in [4.69, 9.17) is 9.47 Å². The van der Waals surface area contributed by atoms with Crippen molar-refractivity contribution < 1.29 is 23.8 Å². The number of ether oxygens (including phenoxy) is 3. The zero-order valence-electron chi connectivity index (χ0n) is 14.7. The lowest BCUT2D eigenvalue weighted by Gasteiger charge is -2.27. The molecule has 1 aromatic rings. The zero-order valence-corrected chi connectivity index (χ0v) is 14.7. The van der Waals surface area contributed by atoms with Crippen molar-refractivity contribution in [3.63, 3.8) is 0 Å². The van der Waals surface area contributed by atoms with Gasteiger partial charge in [0.05, 0.1) is 13.5 Å². The lowest BCUT2D eigenvalue weighted by molar-refractivity contribution is -0.140. The van der Waals surface area contributed by atoms with Gasteiger partial charge < -0.3 is 14.2 Å². The number of methoxy groups -OCH3 is 1. The Morgan fingerprint density at radius 3 is 2.33 bits per heavy atom. The van der Waals surface area contributed by atoms with Gasteiger partial charge in [-0.1, -0.05) is 12.7 Å². The molecular formula is C18H25NO5. The number of amides is 1. The maximum atomic E-state index is 12.4. The molecule has 0 fully saturated rings. The van der Waals surface area contributed by atoms with Gasteiger partial charge >= 0.3 is 12.1 Å². The van der Waals surface area contributed by atoms with Crippen molar-refractivity contribution in [1.82, 2.24) is 0 Å². The van der Waals surface area contributed by atoms with Crippen LogP contribution in [0.5, 0.6) is 5.75 Å². The van der Waals surface area contributed by atoms with E-state index >= 15 is 0 Å². The molecule has 132 valence electrons. The number of hydrogen-bond acceptors (Lipinski definition) is 5. The lowest BCUT2D eigenvalue weighted by atomic mass is 10.2. The highest BCUT2D eigenvalue weighted by molar-refractivity contribution is 5.88. The molecule has 0 saturated heterocycles. The normalized spacial score (nSPS) is 10.7. The molecule has 0 bridgehead atoms. The molecule has 0 saturated carbocycles. The van der Waals surface area contributed by atoms with E-state index < -0.39 is 17.7 Å². The molecule has 0 unspecified atom stereocenters. The van der Waals surface area contributed by atoms with Gasteiger partial charge in [0.25, 0.3) is 0 Å². The van der Waals surface area contributed by atoms with Crippen LogP contribution >= 0.6 is 0 Å². The van der Waals surface area contributed by atoms with Crippen molar-refractivity contribution in [1.29, 1.82) is 0 Å². The summed E-state index contributed by atoms with van der Waals surface area (Å²) in [4.78, 5) is 25.2. The number of carbonyl (C=O) groups excluding carboxylic acids is 2. The first-order valence-electron chi connectivity index (χ1n) is 7.68. The van der Waals surface area contributed by atoms with Crippen molar-refractivity contribution in [2.45, 2.75) is 32.8 Å². The summed E-state index contributed by atoms with van der Waals surface area (Å²) < 4.78 is 15.5. The highest BCUT2D eigenvalue weighted by atomic mass is 16.6. The van der Waals surface area contributed by atoms with Gasteiger partial charge in [-0.3, -0.25) is 9.69 Å². The van der Waals surface area contributed by atoms with Crippen LogP contribution in [0.25, 0.3) is 0 Å². The fourth-order valence-corrected chi connectivity index (χ4v) is 1.83. The van der Waals surface area contributed by atoms with Crippen LogP contribution < -0.4 is 9.64 Å². The summed E-state index contributed by atoms with van der Waals surface area (Å²) >= 11 is 0. The van der Waals surface area contributed by atoms with Gasteiger partial charge in [-0.2, -0.15) is 0 Å². The van der Waals surface area contributed by atoms with Gasteiger partial charge in [-0.05, 0) is 45.0 Å². The van der Waals surface area contributed by atoms with Gasteiger partial charge in [0.2, 0.25) is 0 Å². The van der Waals surface area contributed by atoms with E-state index in [1.807, 2.05) is 0 Å². The maximum Gasteiger partial charge on any atom is 0.414 e. The fraction of sp³-hybridized carbons (Fsp3) is 0.444. The second-order valence-corrected chi connectivity index (χ2v) is 6.05. The summed E-state index contributed by atoms with van der Waals surface area (Å²) in [7, 11) is 1.31. The van der Waals surface area contributed by atoms with E-state index in [0.717, 1.165) is 0 Å². The predicted octanol–water partition coefficient (Wildman–Crippen LogP) is 3.56. The van der Waals surface area contributed by atoms with E-state index in [9.17, 15) is 9.59 Å². The smallest absolute Gasteiger partial charge is 0.414 e. The highest BCUT2D eigenvalue weighted by Gasteiger charge is 2.24. The lowest BCUT2D eigenvalue weighted by Crippen LogP contribution is -2.38. The van der Waals surface area contributed by atoms with Gasteiger partial charge in [-0.15, -0.1) is 0 Å². The molecular weight excluding hydrogens is 310 g/mol. The summed E-state index contributed by atoms with van der Waals surface area (Å²) in [5, 5.41) is 0. The molecule has 0 atom stereocenters. The molecule has 1 aromatic carbocycles. The van der Waals surface area contributed by atoms with Crippen molar-refractivity contribution in [3.05, 3.63) is 36.9 Å². The molecule has 0 radical (unpaired) electrons. The van der Waals surface area contributed by atoms with E-state index in [2.05, 4.69) is 11.3 Å². The Labute approximate surface area is 143 Å². The largest absolute Gasteiger partial charge is 0.490 e. The predicted molar refractivity (Wildman–Crippen MR) is 92.3 cm³/mol. The third kappa shape index (κ3) is 6.73. The van der Waals surface area contributed by atoms with Crippen molar-refractivity contribution in [3.8, 4) is 5.75 Å². The summed E-state index contributed by atoms with van der Waals surface area (Å²) in [5.74, 6) is 0.269. The number of nitrogens with zero attached hydrogens (tertiary/aromatic N) is 1. The van der Waals surface area contributed by atoms with Gasteiger partial charge in [0.15, 0.2) is 0 Å². The van der Waals surface area contributed by atoms with Crippen molar-refractivity contribution in [2.75, 3.05) is 25.2 Å². The van der Waals surface area contributed by atoms with Gasteiger partial charge in [0, 0.05) is 12.2 Å². The Morgan fingerprint density at radius 1 is 1.21 bits per heavy atom. The van der Waals surface area contributed by atoms with Crippen LogP contribution in [0.15, 0.2) is 36.9 Å². The van der Waals surface area contributed by atoms with Crippen LogP contribution in [0.4, 0.5) is 10.5 Å². The first-order chi connectivity index (χ1) is 11.3. The number of rotatable bonds is 7. The molecule has 1 amide bonds. The number of anilines is 1. The third-order valence-corrected chi connectivity index (χ3v) is 2.90.